The maximum Gasteiger partial charge on any atom is 0.246 e. The van der Waals surface area contributed by atoms with Crippen LogP contribution >= 0.6 is 0 Å². The Morgan fingerprint density at radius 3 is 2.25 bits per heavy atom. The molecule has 4 nitrogen and oxygen atoms in total. The molecule has 16 heavy (non-hydrogen) atoms. The topological polar surface area (TPSA) is 72.2 Å². The second-order valence-corrected chi connectivity index (χ2v) is 5.33. The number of nitrogens with one attached hydrogen (secondary N) is 1. The molecule has 1 fully saturated rings. The van der Waals surface area contributed by atoms with Gasteiger partial charge in [0, 0.05) is 12.1 Å². The Morgan fingerprint density at radius 2 is 1.81 bits per heavy atom. The molecule has 2 unspecified atom stereocenters. The Labute approximate surface area is 91.5 Å². The van der Waals surface area contributed by atoms with Crippen LogP contribution in [0.25, 0.3) is 0 Å². The van der Waals surface area contributed by atoms with Crippen LogP contribution in [0.4, 0.5) is 8.78 Å². The van der Waals surface area contributed by atoms with Gasteiger partial charge in [-0.1, -0.05) is 6.07 Å². The van der Waals surface area contributed by atoms with Gasteiger partial charge in [0.05, 0.1) is 0 Å². The lowest BCUT2D eigenvalue weighted by Crippen LogP contribution is -2.31. The SMILES string of the molecule is NC1CC1NS(=O)(=O)c1c(F)cccc1F. The number of nitrogens with two attached hydrogens (primary N) is 1. The highest BCUT2D eigenvalue weighted by atomic mass is 32.2. The lowest BCUT2D eigenvalue weighted by Gasteiger charge is -2.07. The van der Waals surface area contributed by atoms with Crippen molar-refractivity contribution < 1.29 is 17.2 Å². The summed E-state index contributed by atoms with van der Waals surface area (Å²) >= 11 is 0. The van der Waals surface area contributed by atoms with E-state index in [1.165, 1.54) is 0 Å². The van der Waals surface area contributed by atoms with Crippen molar-refractivity contribution in [2.75, 3.05) is 0 Å². The zero-order valence-corrected chi connectivity index (χ0v) is 8.97. The molecule has 0 radical (unpaired) electrons. The zero-order chi connectivity index (χ0) is 11.9. The van der Waals surface area contributed by atoms with Gasteiger partial charge in [-0.2, -0.15) is 0 Å². The summed E-state index contributed by atoms with van der Waals surface area (Å²) in [4.78, 5) is -0.950. The van der Waals surface area contributed by atoms with Gasteiger partial charge in [-0.25, -0.2) is 21.9 Å². The monoisotopic (exact) mass is 248 g/mol. The van der Waals surface area contributed by atoms with Crippen molar-refractivity contribution in [3.63, 3.8) is 0 Å². The van der Waals surface area contributed by atoms with Crippen molar-refractivity contribution in [1.82, 2.24) is 4.72 Å². The summed E-state index contributed by atoms with van der Waals surface area (Å²) in [5.41, 5.74) is 5.41. The third-order valence-corrected chi connectivity index (χ3v) is 3.87. The largest absolute Gasteiger partial charge is 0.326 e. The van der Waals surface area contributed by atoms with Gasteiger partial charge in [0.15, 0.2) is 4.90 Å². The van der Waals surface area contributed by atoms with E-state index in [1.54, 1.807) is 0 Å². The molecule has 0 spiro atoms. The average molecular weight is 248 g/mol. The van der Waals surface area contributed by atoms with E-state index in [1.807, 2.05) is 0 Å². The van der Waals surface area contributed by atoms with E-state index in [2.05, 4.69) is 4.72 Å². The lowest BCUT2D eigenvalue weighted by atomic mass is 10.3. The predicted octanol–water partition coefficient (Wildman–Crippen LogP) is 0.343. The highest BCUT2D eigenvalue weighted by Gasteiger charge is 2.38. The van der Waals surface area contributed by atoms with Gasteiger partial charge < -0.3 is 5.73 Å². The first-order valence-electron chi connectivity index (χ1n) is 4.64. The molecule has 1 aliphatic rings. The molecule has 0 heterocycles. The minimum Gasteiger partial charge on any atom is -0.326 e. The quantitative estimate of drug-likeness (QED) is 0.810. The number of sulfonamides is 1. The van der Waals surface area contributed by atoms with Crippen LogP contribution in [0.15, 0.2) is 23.1 Å². The maximum atomic E-state index is 13.2. The summed E-state index contributed by atoms with van der Waals surface area (Å²) in [7, 11) is -4.17. The normalized spacial score (nSPS) is 24.4. The van der Waals surface area contributed by atoms with E-state index in [9.17, 15) is 17.2 Å². The molecule has 0 bridgehead atoms. The van der Waals surface area contributed by atoms with E-state index in [4.69, 9.17) is 5.73 Å². The molecule has 0 aliphatic heterocycles. The summed E-state index contributed by atoms with van der Waals surface area (Å²) in [5.74, 6) is -2.22. The zero-order valence-electron chi connectivity index (χ0n) is 8.15. The molecule has 2 atom stereocenters. The molecule has 1 aromatic carbocycles. The Kier molecular flexibility index (Phi) is 2.69. The van der Waals surface area contributed by atoms with E-state index >= 15 is 0 Å². The minimum absolute atomic E-state index is 0.274. The first-order valence-corrected chi connectivity index (χ1v) is 6.12. The van der Waals surface area contributed by atoms with Crippen LogP contribution in [0.1, 0.15) is 6.42 Å². The fourth-order valence-electron chi connectivity index (χ4n) is 1.35. The molecule has 1 aromatic rings. The summed E-state index contributed by atoms with van der Waals surface area (Å²) < 4.78 is 51.8. The van der Waals surface area contributed by atoms with Gasteiger partial charge in [-0.3, -0.25) is 0 Å². The Balaban J connectivity index is 2.35. The number of benzene rings is 1. The number of rotatable bonds is 3. The van der Waals surface area contributed by atoms with Crippen molar-refractivity contribution >= 4 is 10.0 Å². The molecule has 0 amide bonds. The van der Waals surface area contributed by atoms with Crippen LogP contribution in [0.5, 0.6) is 0 Å². The Bertz CT molecular complexity index is 498. The molecule has 7 heteroatoms. The van der Waals surface area contributed by atoms with Crippen molar-refractivity contribution in [1.29, 1.82) is 0 Å². The third-order valence-electron chi connectivity index (χ3n) is 2.33. The predicted molar refractivity (Wildman–Crippen MR) is 53.1 cm³/mol. The summed E-state index contributed by atoms with van der Waals surface area (Å²) in [6.45, 7) is 0. The number of halogens is 2. The first kappa shape index (κ1) is 11.4. The van der Waals surface area contributed by atoms with Crippen molar-refractivity contribution in [2.45, 2.75) is 23.4 Å². The molecular weight excluding hydrogens is 238 g/mol. The van der Waals surface area contributed by atoms with E-state index < -0.39 is 32.6 Å². The molecule has 3 N–H and O–H groups in total. The minimum atomic E-state index is -4.17. The fourth-order valence-corrected chi connectivity index (χ4v) is 2.78. The first-order chi connectivity index (χ1) is 7.42. The van der Waals surface area contributed by atoms with Crippen LogP contribution in [-0.2, 0) is 10.0 Å². The van der Waals surface area contributed by atoms with Crippen LogP contribution in [0.2, 0.25) is 0 Å². The van der Waals surface area contributed by atoms with Gasteiger partial charge in [-0.05, 0) is 18.6 Å². The Morgan fingerprint density at radius 1 is 1.31 bits per heavy atom. The third kappa shape index (κ3) is 2.06. The van der Waals surface area contributed by atoms with Crippen molar-refractivity contribution in [2.24, 2.45) is 5.73 Å². The van der Waals surface area contributed by atoms with Crippen LogP contribution in [0.3, 0.4) is 0 Å². The van der Waals surface area contributed by atoms with E-state index in [0.29, 0.717) is 6.42 Å². The summed E-state index contributed by atoms with van der Waals surface area (Å²) in [6, 6.07) is 2.19. The maximum absolute atomic E-state index is 13.2. The number of hydrogen-bond acceptors (Lipinski definition) is 3. The van der Waals surface area contributed by atoms with Gasteiger partial charge >= 0.3 is 0 Å². The average Bonchev–Trinajstić information content (AvgIpc) is 2.79. The van der Waals surface area contributed by atoms with Crippen LogP contribution in [-0.4, -0.2) is 20.5 Å². The van der Waals surface area contributed by atoms with Crippen molar-refractivity contribution in [3.05, 3.63) is 29.8 Å². The smallest absolute Gasteiger partial charge is 0.246 e. The van der Waals surface area contributed by atoms with Gasteiger partial charge in [0.25, 0.3) is 0 Å². The second-order valence-electron chi connectivity index (χ2n) is 3.68. The van der Waals surface area contributed by atoms with E-state index in [-0.39, 0.29) is 6.04 Å². The van der Waals surface area contributed by atoms with E-state index in [0.717, 1.165) is 18.2 Å². The molecule has 1 aliphatic carbocycles. The Hall–Kier alpha value is -1.05. The molecule has 88 valence electrons. The summed E-state index contributed by atoms with van der Waals surface area (Å²) in [6.07, 6.45) is 0.481. The van der Waals surface area contributed by atoms with Crippen LogP contribution < -0.4 is 10.5 Å². The summed E-state index contributed by atoms with van der Waals surface area (Å²) in [5, 5.41) is 0. The molecule has 0 aromatic heterocycles. The molecule has 1 saturated carbocycles. The highest BCUT2D eigenvalue weighted by Crippen LogP contribution is 2.24. The highest BCUT2D eigenvalue weighted by molar-refractivity contribution is 7.89. The van der Waals surface area contributed by atoms with Gasteiger partial charge in [0.1, 0.15) is 11.6 Å². The fraction of sp³-hybridized carbons (Fsp3) is 0.333. The molecular formula is C9H10F2N2O2S. The second kappa shape index (κ2) is 3.76. The molecule has 0 saturated heterocycles. The lowest BCUT2D eigenvalue weighted by molar-refractivity contribution is 0.513. The molecule has 2 rings (SSSR count). The van der Waals surface area contributed by atoms with Crippen LogP contribution in [0, 0.1) is 11.6 Å². The number of hydrogen-bond donors (Lipinski definition) is 2. The van der Waals surface area contributed by atoms with Gasteiger partial charge in [-0.15, -0.1) is 0 Å². The van der Waals surface area contributed by atoms with Gasteiger partial charge in [0.2, 0.25) is 10.0 Å². The van der Waals surface area contributed by atoms with Crippen molar-refractivity contribution in [3.8, 4) is 0 Å². The standard InChI is InChI=1S/C9H10F2N2O2S/c10-5-2-1-3-6(11)9(5)16(14,15)13-8-4-7(8)12/h1-3,7-8,13H,4,12H2.